The Kier molecular flexibility index (Phi) is 3.84. The number of carbonyl (C=O) groups is 1. The maximum atomic E-state index is 13.4. The number of anilines is 1. The van der Waals surface area contributed by atoms with Gasteiger partial charge >= 0.3 is 0 Å². The second kappa shape index (κ2) is 5.38. The minimum absolute atomic E-state index is 0.0476. The van der Waals surface area contributed by atoms with Gasteiger partial charge in [-0.15, -0.1) is 0 Å². The minimum atomic E-state index is -0.590. The molecule has 5 heteroatoms. The lowest BCUT2D eigenvalue weighted by Gasteiger charge is -2.08. The SMILES string of the molecule is O=C(Nc1cc(Cl)ccc1Cl)c1ccccc1F. The van der Waals surface area contributed by atoms with Crippen molar-refractivity contribution in [3.63, 3.8) is 0 Å². The zero-order valence-corrected chi connectivity index (χ0v) is 10.6. The molecule has 0 unspecified atom stereocenters. The average molecular weight is 284 g/mol. The van der Waals surface area contributed by atoms with Crippen LogP contribution < -0.4 is 5.32 Å². The van der Waals surface area contributed by atoms with E-state index in [9.17, 15) is 9.18 Å². The molecule has 1 amide bonds. The smallest absolute Gasteiger partial charge is 0.258 e. The molecule has 0 fully saturated rings. The Labute approximate surface area is 113 Å². The molecule has 2 nitrogen and oxygen atoms in total. The summed E-state index contributed by atoms with van der Waals surface area (Å²) in [4.78, 5) is 11.8. The summed E-state index contributed by atoms with van der Waals surface area (Å²) in [6.45, 7) is 0. The molecular weight excluding hydrogens is 276 g/mol. The van der Waals surface area contributed by atoms with Gasteiger partial charge in [0, 0.05) is 5.02 Å². The van der Waals surface area contributed by atoms with Gasteiger partial charge in [0.2, 0.25) is 0 Å². The lowest BCUT2D eigenvalue weighted by atomic mass is 10.2. The van der Waals surface area contributed by atoms with E-state index in [0.717, 1.165) is 0 Å². The van der Waals surface area contributed by atoms with Gasteiger partial charge in [-0.2, -0.15) is 0 Å². The largest absolute Gasteiger partial charge is 0.320 e. The summed E-state index contributed by atoms with van der Waals surface area (Å²) in [6.07, 6.45) is 0. The number of halogens is 3. The Bertz CT molecular complexity index is 601. The number of nitrogens with one attached hydrogen (secondary N) is 1. The summed E-state index contributed by atoms with van der Waals surface area (Å²) in [6, 6.07) is 10.4. The highest BCUT2D eigenvalue weighted by atomic mass is 35.5. The van der Waals surface area contributed by atoms with Gasteiger partial charge in [0.1, 0.15) is 5.82 Å². The van der Waals surface area contributed by atoms with Crippen LogP contribution in [0.2, 0.25) is 10.0 Å². The number of hydrogen-bond donors (Lipinski definition) is 1. The van der Waals surface area contributed by atoms with E-state index in [2.05, 4.69) is 5.32 Å². The van der Waals surface area contributed by atoms with E-state index in [0.29, 0.717) is 15.7 Å². The van der Waals surface area contributed by atoms with Gasteiger partial charge in [-0.1, -0.05) is 35.3 Å². The second-order valence-corrected chi connectivity index (χ2v) is 4.40. The van der Waals surface area contributed by atoms with Crippen molar-refractivity contribution in [2.45, 2.75) is 0 Å². The predicted molar refractivity (Wildman–Crippen MR) is 70.8 cm³/mol. The Hall–Kier alpha value is -1.58. The van der Waals surface area contributed by atoms with Gasteiger partial charge in [0.25, 0.3) is 5.91 Å². The fourth-order valence-corrected chi connectivity index (χ4v) is 1.77. The van der Waals surface area contributed by atoms with Crippen LogP contribution in [0.1, 0.15) is 10.4 Å². The highest BCUT2D eigenvalue weighted by Crippen LogP contribution is 2.26. The molecule has 2 rings (SSSR count). The molecule has 92 valence electrons. The number of benzene rings is 2. The van der Waals surface area contributed by atoms with E-state index in [-0.39, 0.29) is 5.56 Å². The first-order chi connectivity index (χ1) is 8.58. The Morgan fingerprint density at radius 1 is 1.11 bits per heavy atom. The molecular formula is C13H8Cl2FNO. The predicted octanol–water partition coefficient (Wildman–Crippen LogP) is 4.38. The molecule has 2 aromatic carbocycles. The fraction of sp³-hybridized carbons (Fsp3) is 0. The molecule has 0 heterocycles. The number of amides is 1. The lowest BCUT2D eigenvalue weighted by Crippen LogP contribution is -2.13. The topological polar surface area (TPSA) is 29.1 Å². The molecule has 0 aliphatic heterocycles. The third-order valence-electron chi connectivity index (χ3n) is 2.30. The Balaban J connectivity index is 2.27. The number of rotatable bonds is 2. The van der Waals surface area contributed by atoms with Crippen LogP contribution in [0.3, 0.4) is 0 Å². The molecule has 18 heavy (non-hydrogen) atoms. The van der Waals surface area contributed by atoms with Crippen LogP contribution in [-0.4, -0.2) is 5.91 Å². The molecule has 0 radical (unpaired) electrons. The van der Waals surface area contributed by atoms with E-state index in [1.807, 2.05) is 0 Å². The monoisotopic (exact) mass is 283 g/mol. The van der Waals surface area contributed by atoms with E-state index >= 15 is 0 Å². The average Bonchev–Trinajstić information content (AvgIpc) is 2.34. The number of carbonyl (C=O) groups excluding carboxylic acids is 1. The van der Waals surface area contributed by atoms with Crippen molar-refractivity contribution >= 4 is 34.8 Å². The van der Waals surface area contributed by atoms with E-state index in [4.69, 9.17) is 23.2 Å². The van der Waals surface area contributed by atoms with Crippen LogP contribution in [-0.2, 0) is 0 Å². The highest BCUT2D eigenvalue weighted by molar-refractivity contribution is 6.35. The van der Waals surface area contributed by atoms with Gasteiger partial charge < -0.3 is 5.32 Å². The quantitative estimate of drug-likeness (QED) is 0.870. The summed E-state index contributed by atoms with van der Waals surface area (Å²) in [7, 11) is 0. The van der Waals surface area contributed by atoms with Gasteiger partial charge in [-0.05, 0) is 30.3 Å². The molecule has 0 saturated heterocycles. The van der Waals surface area contributed by atoms with E-state index in [1.54, 1.807) is 18.2 Å². The molecule has 0 bridgehead atoms. The fourth-order valence-electron chi connectivity index (χ4n) is 1.43. The van der Waals surface area contributed by atoms with E-state index in [1.165, 1.54) is 24.3 Å². The normalized spacial score (nSPS) is 10.2. The first-order valence-corrected chi connectivity index (χ1v) is 5.84. The first kappa shape index (κ1) is 12.9. The van der Waals surface area contributed by atoms with Crippen LogP contribution in [0.5, 0.6) is 0 Å². The maximum Gasteiger partial charge on any atom is 0.258 e. The molecule has 1 N–H and O–H groups in total. The molecule has 0 aliphatic carbocycles. The molecule has 2 aromatic rings. The lowest BCUT2D eigenvalue weighted by molar-refractivity contribution is 0.102. The molecule has 0 spiro atoms. The van der Waals surface area contributed by atoms with Crippen molar-refractivity contribution < 1.29 is 9.18 Å². The summed E-state index contributed by atoms with van der Waals surface area (Å²) < 4.78 is 13.4. The number of hydrogen-bond acceptors (Lipinski definition) is 1. The summed E-state index contributed by atoms with van der Waals surface area (Å²) in [5.74, 6) is -1.16. The zero-order valence-electron chi connectivity index (χ0n) is 9.08. The maximum absolute atomic E-state index is 13.4. The molecule has 0 aliphatic rings. The second-order valence-electron chi connectivity index (χ2n) is 3.56. The van der Waals surface area contributed by atoms with Gasteiger partial charge in [0.05, 0.1) is 16.3 Å². The summed E-state index contributed by atoms with van der Waals surface area (Å²) in [5, 5.41) is 3.28. The summed E-state index contributed by atoms with van der Waals surface area (Å²) >= 11 is 11.7. The van der Waals surface area contributed by atoms with Crippen LogP contribution in [0.4, 0.5) is 10.1 Å². The molecule has 0 atom stereocenters. The van der Waals surface area contributed by atoms with Gasteiger partial charge in [-0.25, -0.2) is 4.39 Å². The van der Waals surface area contributed by atoms with Crippen LogP contribution in [0, 0.1) is 5.82 Å². The third kappa shape index (κ3) is 2.81. The van der Waals surface area contributed by atoms with E-state index < -0.39 is 11.7 Å². The first-order valence-electron chi connectivity index (χ1n) is 5.09. The van der Waals surface area contributed by atoms with Crippen LogP contribution in [0.25, 0.3) is 0 Å². The van der Waals surface area contributed by atoms with Crippen molar-refractivity contribution in [2.75, 3.05) is 5.32 Å². The minimum Gasteiger partial charge on any atom is -0.320 e. The van der Waals surface area contributed by atoms with Crippen molar-refractivity contribution in [3.8, 4) is 0 Å². The summed E-state index contributed by atoms with van der Waals surface area (Å²) in [5.41, 5.74) is 0.297. The third-order valence-corrected chi connectivity index (χ3v) is 2.86. The van der Waals surface area contributed by atoms with Gasteiger partial charge in [0.15, 0.2) is 0 Å². The Morgan fingerprint density at radius 3 is 2.56 bits per heavy atom. The van der Waals surface area contributed by atoms with Crippen molar-refractivity contribution in [1.82, 2.24) is 0 Å². The standard InChI is InChI=1S/C13H8Cl2FNO/c14-8-5-6-10(15)12(7-8)17-13(18)9-3-1-2-4-11(9)16/h1-7H,(H,17,18). The van der Waals surface area contributed by atoms with Crippen molar-refractivity contribution in [1.29, 1.82) is 0 Å². The zero-order chi connectivity index (χ0) is 13.1. The van der Waals surface area contributed by atoms with Crippen molar-refractivity contribution in [3.05, 3.63) is 63.9 Å². The molecule has 0 saturated carbocycles. The van der Waals surface area contributed by atoms with Crippen LogP contribution in [0.15, 0.2) is 42.5 Å². The van der Waals surface area contributed by atoms with Crippen LogP contribution >= 0.6 is 23.2 Å². The highest BCUT2D eigenvalue weighted by Gasteiger charge is 2.12. The van der Waals surface area contributed by atoms with Gasteiger partial charge in [-0.3, -0.25) is 4.79 Å². The molecule has 0 aromatic heterocycles. The van der Waals surface area contributed by atoms with Crippen molar-refractivity contribution in [2.24, 2.45) is 0 Å². The Morgan fingerprint density at radius 2 is 1.83 bits per heavy atom.